The molecular formula is C15H27ClN4. The van der Waals surface area contributed by atoms with Gasteiger partial charge in [0.25, 0.3) is 0 Å². The van der Waals surface area contributed by atoms with Gasteiger partial charge in [0.1, 0.15) is 0 Å². The zero-order valence-corrected chi connectivity index (χ0v) is 13.7. The third-order valence-corrected chi connectivity index (χ3v) is 4.60. The summed E-state index contributed by atoms with van der Waals surface area (Å²) in [5, 5.41) is 8.84. The number of aromatic nitrogens is 2. The maximum atomic E-state index is 6.45. The van der Waals surface area contributed by atoms with Crippen LogP contribution in [-0.4, -0.2) is 40.9 Å². The summed E-state index contributed by atoms with van der Waals surface area (Å²) >= 11 is 6.45. The molecule has 1 aromatic rings. The molecule has 0 spiro atoms. The highest BCUT2D eigenvalue weighted by Gasteiger charge is 2.22. The first kappa shape index (κ1) is 15.8. The Balaban J connectivity index is 1.97. The largest absolute Gasteiger partial charge is 0.317 e. The molecule has 2 heterocycles. The quantitative estimate of drug-likeness (QED) is 0.876. The fourth-order valence-corrected chi connectivity index (χ4v) is 3.37. The number of rotatable bonds is 6. The number of likely N-dealkylation sites (tertiary alicyclic amines) is 1. The van der Waals surface area contributed by atoms with Crippen molar-refractivity contribution in [3.8, 4) is 0 Å². The van der Waals surface area contributed by atoms with Crippen molar-refractivity contribution in [2.75, 3.05) is 26.2 Å². The molecule has 114 valence electrons. The standard InChI is InChI=1S/C15H27ClN4/c1-4-13-15(16)14(19(3)18-13)11-20-8-6-7-12(10-20)9-17-5-2/h12,17H,4-11H2,1-3H3. The van der Waals surface area contributed by atoms with Gasteiger partial charge in [-0.15, -0.1) is 0 Å². The number of piperidine rings is 1. The van der Waals surface area contributed by atoms with E-state index in [2.05, 4.69) is 29.2 Å². The molecule has 0 saturated carbocycles. The molecule has 1 aromatic heterocycles. The highest BCUT2D eigenvalue weighted by Crippen LogP contribution is 2.24. The first-order valence-corrected chi connectivity index (χ1v) is 8.16. The predicted molar refractivity (Wildman–Crippen MR) is 84.1 cm³/mol. The lowest BCUT2D eigenvalue weighted by atomic mass is 9.98. The molecule has 5 heteroatoms. The molecule has 1 aliphatic heterocycles. The topological polar surface area (TPSA) is 33.1 Å². The van der Waals surface area contributed by atoms with Crippen molar-refractivity contribution in [2.45, 2.75) is 39.7 Å². The maximum absolute atomic E-state index is 6.45. The molecule has 1 saturated heterocycles. The van der Waals surface area contributed by atoms with Crippen LogP contribution in [0.5, 0.6) is 0 Å². The van der Waals surface area contributed by atoms with Gasteiger partial charge >= 0.3 is 0 Å². The smallest absolute Gasteiger partial charge is 0.0863 e. The van der Waals surface area contributed by atoms with E-state index in [1.807, 2.05) is 11.7 Å². The second-order valence-corrected chi connectivity index (χ2v) is 6.11. The fraction of sp³-hybridized carbons (Fsp3) is 0.800. The van der Waals surface area contributed by atoms with Crippen molar-refractivity contribution in [2.24, 2.45) is 13.0 Å². The summed E-state index contributed by atoms with van der Waals surface area (Å²) < 4.78 is 1.95. The van der Waals surface area contributed by atoms with E-state index < -0.39 is 0 Å². The molecule has 1 aliphatic rings. The van der Waals surface area contributed by atoms with E-state index in [4.69, 9.17) is 11.6 Å². The summed E-state index contributed by atoms with van der Waals surface area (Å²) in [5.41, 5.74) is 2.18. The van der Waals surface area contributed by atoms with Crippen LogP contribution in [0.4, 0.5) is 0 Å². The summed E-state index contributed by atoms with van der Waals surface area (Å²) in [6.45, 7) is 9.72. The van der Waals surface area contributed by atoms with Gasteiger partial charge in [0.15, 0.2) is 0 Å². The van der Waals surface area contributed by atoms with Gasteiger partial charge in [-0.2, -0.15) is 5.10 Å². The lowest BCUT2D eigenvalue weighted by Gasteiger charge is -2.32. The van der Waals surface area contributed by atoms with Gasteiger partial charge in [-0.1, -0.05) is 25.4 Å². The van der Waals surface area contributed by atoms with Crippen LogP contribution < -0.4 is 5.32 Å². The van der Waals surface area contributed by atoms with Crippen LogP contribution in [0.1, 0.15) is 38.1 Å². The molecule has 1 N–H and O–H groups in total. The minimum absolute atomic E-state index is 0.765. The number of hydrogen-bond donors (Lipinski definition) is 1. The fourth-order valence-electron chi connectivity index (χ4n) is 3.01. The van der Waals surface area contributed by atoms with E-state index in [0.717, 1.165) is 54.9 Å². The van der Waals surface area contributed by atoms with Crippen LogP contribution in [0.2, 0.25) is 5.02 Å². The first-order chi connectivity index (χ1) is 9.65. The summed E-state index contributed by atoms with van der Waals surface area (Å²) in [7, 11) is 2.00. The molecule has 4 nitrogen and oxygen atoms in total. The summed E-state index contributed by atoms with van der Waals surface area (Å²) in [5.74, 6) is 0.765. The van der Waals surface area contributed by atoms with E-state index in [-0.39, 0.29) is 0 Å². The third kappa shape index (κ3) is 3.74. The molecule has 0 radical (unpaired) electrons. The Kier molecular flexibility index (Phi) is 5.87. The molecule has 20 heavy (non-hydrogen) atoms. The molecule has 0 aromatic carbocycles. The minimum Gasteiger partial charge on any atom is -0.317 e. The molecule has 2 rings (SSSR count). The van der Waals surface area contributed by atoms with Crippen molar-refractivity contribution >= 4 is 11.6 Å². The van der Waals surface area contributed by atoms with Crippen LogP contribution in [0.3, 0.4) is 0 Å². The SMILES string of the molecule is CCNCC1CCCN(Cc2c(Cl)c(CC)nn2C)C1. The normalized spacial score (nSPS) is 20.5. The van der Waals surface area contributed by atoms with Crippen molar-refractivity contribution < 1.29 is 0 Å². The summed E-state index contributed by atoms with van der Waals surface area (Å²) in [6, 6.07) is 0. The highest BCUT2D eigenvalue weighted by molar-refractivity contribution is 6.31. The maximum Gasteiger partial charge on any atom is 0.0863 e. The lowest BCUT2D eigenvalue weighted by Crippen LogP contribution is -2.39. The van der Waals surface area contributed by atoms with E-state index >= 15 is 0 Å². The Bertz CT molecular complexity index is 430. The van der Waals surface area contributed by atoms with E-state index in [1.165, 1.54) is 19.4 Å². The Morgan fingerprint density at radius 2 is 2.20 bits per heavy atom. The third-order valence-electron chi connectivity index (χ3n) is 4.16. The van der Waals surface area contributed by atoms with Gasteiger partial charge < -0.3 is 5.32 Å². The number of aryl methyl sites for hydroxylation is 2. The Labute approximate surface area is 127 Å². The van der Waals surface area contributed by atoms with Gasteiger partial charge in [0, 0.05) is 20.1 Å². The highest BCUT2D eigenvalue weighted by atomic mass is 35.5. The zero-order chi connectivity index (χ0) is 14.5. The van der Waals surface area contributed by atoms with Crippen LogP contribution in [0, 0.1) is 5.92 Å². The molecule has 0 bridgehead atoms. The van der Waals surface area contributed by atoms with E-state index in [9.17, 15) is 0 Å². The summed E-state index contributed by atoms with van der Waals surface area (Å²) in [6.07, 6.45) is 3.52. The van der Waals surface area contributed by atoms with Crippen LogP contribution in [0.15, 0.2) is 0 Å². The summed E-state index contributed by atoms with van der Waals surface area (Å²) in [4.78, 5) is 2.52. The van der Waals surface area contributed by atoms with Crippen molar-refractivity contribution in [3.05, 3.63) is 16.4 Å². The minimum atomic E-state index is 0.765. The van der Waals surface area contributed by atoms with Crippen LogP contribution in [-0.2, 0) is 20.0 Å². The molecule has 0 amide bonds. The molecule has 1 atom stereocenters. The van der Waals surface area contributed by atoms with Gasteiger partial charge in [0.05, 0.1) is 16.4 Å². The average molecular weight is 299 g/mol. The van der Waals surface area contributed by atoms with Gasteiger partial charge in [-0.25, -0.2) is 0 Å². The van der Waals surface area contributed by atoms with Crippen LogP contribution in [0.25, 0.3) is 0 Å². The van der Waals surface area contributed by atoms with E-state index in [1.54, 1.807) is 0 Å². The molecule has 1 fully saturated rings. The van der Waals surface area contributed by atoms with Gasteiger partial charge in [0.2, 0.25) is 0 Å². The van der Waals surface area contributed by atoms with E-state index in [0.29, 0.717) is 0 Å². The monoisotopic (exact) mass is 298 g/mol. The number of nitrogens with zero attached hydrogens (tertiary/aromatic N) is 3. The molecule has 1 unspecified atom stereocenters. The second-order valence-electron chi connectivity index (χ2n) is 5.74. The van der Waals surface area contributed by atoms with Crippen molar-refractivity contribution in [1.82, 2.24) is 20.0 Å². The zero-order valence-electron chi connectivity index (χ0n) is 13.0. The molecule has 0 aliphatic carbocycles. The second kappa shape index (κ2) is 7.43. The van der Waals surface area contributed by atoms with Crippen LogP contribution >= 0.6 is 11.6 Å². The predicted octanol–water partition coefficient (Wildman–Crippen LogP) is 2.46. The number of hydrogen-bond acceptors (Lipinski definition) is 3. The number of halogens is 1. The Morgan fingerprint density at radius 3 is 2.85 bits per heavy atom. The molecular weight excluding hydrogens is 272 g/mol. The lowest BCUT2D eigenvalue weighted by molar-refractivity contribution is 0.162. The average Bonchev–Trinajstić information content (AvgIpc) is 2.73. The van der Waals surface area contributed by atoms with Crippen molar-refractivity contribution in [3.63, 3.8) is 0 Å². The number of nitrogens with one attached hydrogen (secondary N) is 1. The van der Waals surface area contributed by atoms with Gasteiger partial charge in [-0.3, -0.25) is 9.58 Å². The first-order valence-electron chi connectivity index (χ1n) is 7.79. The van der Waals surface area contributed by atoms with Gasteiger partial charge in [-0.05, 0) is 44.8 Å². The Morgan fingerprint density at radius 1 is 1.40 bits per heavy atom. The Hall–Kier alpha value is -0.580. The van der Waals surface area contributed by atoms with Crippen molar-refractivity contribution in [1.29, 1.82) is 0 Å².